The molecule has 1 aromatic heterocycles. The smallest absolute Gasteiger partial charge is 0.306 e. The summed E-state index contributed by atoms with van der Waals surface area (Å²) in [4.78, 5) is 24.8. The molecule has 0 fully saturated rings. The van der Waals surface area contributed by atoms with Gasteiger partial charge >= 0.3 is 5.97 Å². The summed E-state index contributed by atoms with van der Waals surface area (Å²) in [7, 11) is 0. The number of hydrogen-bond acceptors (Lipinski definition) is 5. The fourth-order valence-corrected chi connectivity index (χ4v) is 1.06. The number of ether oxygens (including phenoxy) is 1. The highest BCUT2D eigenvalue weighted by Gasteiger charge is 2.07. The number of aromatic amines is 1. The minimum absolute atomic E-state index is 0.147. The van der Waals surface area contributed by atoms with Crippen molar-refractivity contribution in [3.63, 3.8) is 0 Å². The third-order valence-electron chi connectivity index (χ3n) is 1.75. The van der Waals surface area contributed by atoms with E-state index in [4.69, 9.17) is 4.74 Å². The number of nitrogens with zero attached hydrogens (tertiary/aromatic N) is 2. The van der Waals surface area contributed by atoms with Crippen LogP contribution >= 0.6 is 0 Å². The number of esters is 1. The molecular weight excluding hydrogens is 198 g/mol. The third kappa shape index (κ3) is 3.49. The van der Waals surface area contributed by atoms with Crippen LogP contribution in [0, 0.1) is 6.92 Å². The monoisotopic (exact) mass is 211 g/mol. The van der Waals surface area contributed by atoms with Crippen LogP contribution in [0.4, 0.5) is 0 Å². The SMILES string of the molecule is CCOC(=O)CCc1nnc(C)[nH]c1=O. The van der Waals surface area contributed by atoms with E-state index in [0.29, 0.717) is 12.4 Å². The Morgan fingerprint density at radius 1 is 1.47 bits per heavy atom. The standard InChI is InChI=1S/C9H13N3O3/c1-3-15-8(13)5-4-7-9(14)10-6(2)11-12-7/h3-5H2,1-2H3,(H,10,11,14). The first kappa shape index (κ1) is 11.4. The Hall–Kier alpha value is -1.72. The maximum Gasteiger partial charge on any atom is 0.306 e. The van der Waals surface area contributed by atoms with Crippen LogP contribution in [0.15, 0.2) is 4.79 Å². The van der Waals surface area contributed by atoms with E-state index in [9.17, 15) is 9.59 Å². The first-order valence-electron chi connectivity index (χ1n) is 4.71. The first-order chi connectivity index (χ1) is 7.13. The minimum Gasteiger partial charge on any atom is -0.466 e. The van der Waals surface area contributed by atoms with Gasteiger partial charge in [0.05, 0.1) is 13.0 Å². The van der Waals surface area contributed by atoms with E-state index in [2.05, 4.69) is 15.2 Å². The van der Waals surface area contributed by atoms with E-state index in [1.54, 1.807) is 13.8 Å². The van der Waals surface area contributed by atoms with Crippen molar-refractivity contribution in [3.8, 4) is 0 Å². The lowest BCUT2D eigenvalue weighted by Gasteiger charge is -2.00. The van der Waals surface area contributed by atoms with Gasteiger partial charge in [-0.3, -0.25) is 9.59 Å². The van der Waals surface area contributed by atoms with Gasteiger partial charge in [-0.15, -0.1) is 10.2 Å². The Bertz CT molecular complexity index is 400. The number of nitrogens with one attached hydrogen (secondary N) is 1. The van der Waals surface area contributed by atoms with E-state index in [0.717, 1.165) is 0 Å². The Kier molecular flexibility index (Phi) is 3.96. The van der Waals surface area contributed by atoms with Crippen LogP contribution in [-0.4, -0.2) is 27.8 Å². The molecule has 1 heterocycles. The molecule has 0 aliphatic carbocycles. The van der Waals surface area contributed by atoms with Crippen LogP contribution in [0.1, 0.15) is 24.9 Å². The highest BCUT2D eigenvalue weighted by atomic mass is 16.5. The van der Waals surface area contributed by atoms with Gasteiger partial charge in [0.1, 0.15) is 11.5 Å². The molecule has 0 bridgehead atoms. The number of aryl methyl sites for hydroxylation is 2. The molecule has 0 spiro atoms. The van der Waals surface area contributed by atoms with E-state index < -0.39 is 0 Å². The Morgan fingerprint density at radius 3 is 2.80 bits per heavy atom. The zero-order chi connectivity index (χ0) is 11.3. The Morgan fingerprint density at radius 2 is 2.20 bits per heavy atom. The van der Waals surface area contributed by atoms with Gasteiger partial charge in [0.15, 0.2) is 0 Å². The van der Waals surface area contributed by atoms with Crippen LogP contribution in [0.25, 0.3) is 0 Å². The normalized spacial score (nSPS) is 10.0. The topological polar surface area (TPSA) is 84.9 Å². The van der Waals surface area contributed by atoms with Crippen molar-refractivity contribution < 1.29 is 9.53 Å². The molecule has 0 aliphatic heterocycles. The predicted molar refractivity (Wildman–Crippen MR) is 52.3 cm³/mol. The van der Waals surface area contributed by atoms with Crippen LogP contribution in [0.3, 0.4) is 0 Å². The van der Waals surface area contributed by atoms with Crippen LogP contribution in [0.2, 0.25) is 0 Å². The number of hydrogen-bond donors (Lipinski definition) is 1. The summed E-state index contributed by atoms with van der Waals surface area (Å²) >= 11 is 0. The summed E-state index contributed by atoms with van der Waals surface area (Å²) in [5, 5.41) is 7.41. The predicted octanol–water partition coefficient (Wildman–Crippen LogP) is -0.0310. The molecule has 1 rings (SSSR count). The van der Waals surface area contributed by atoms with Crippen molar-refractivity contribution in [2.75, 3.05) is 6.61 Å². The molecule has 0 aliphatic rings. The van der Waals surface area contributed by atoms with Gasteiger partial charge in [-0.2, -0.15) is 0 Å². The maximum atomic E-state index is 11.3. The summed E-state index contributed by atoms with van der Waals surface area (Å²) in [6.45, 7) is 3.72. The minimum atomic E-state index is -0.334. The zero-order valence-electron chi connectivity index (χ0n) is 8.74. The molecular formula is C9H13N3O3. The highest BCUT2D eigenvalue weighted by Crippen LogP contribution is 1.94. The average Bonchev–Trinajstić information content (AvgIpc) is 2.17. The molecule has 0 unspecified atom stereocenters. The average molecular weight is 211 g/mol. The third-order valence-corrected chi connectivity index (χ3v) is 1.75. The largest absolute Gasteiger partial charge is 0.466 e. The number of aromatic nitrogens is 3. The van der Waals surface area contributed by atoms with Crippen LogP contribution in [-0.2, 0) is 16.0 Å². The van der Waals surface area contributed by atoms with Gasteiger partial charge in [-0.1, -0.05) is 0 Å². The second kappa shape index (κ2) is 5.23. The van der Waals surface area contributed by atoms with E-state index in [-0.39, 0.29) is 30.1 Å². The van der Waals surface area contributed by atoms with Crippen molar-refractivity contribution in [3.05, 3.63) is 21.9 Å². The number of carbonyl (C=O) groups is 1. The van der Waals surface area contributed by atoms with Gasteiger partial charge < -0.3 is 9.72 Å². The second-order valence-electron chi connectivity index (χ2n) is 2.99. The summed E-state index contributed by atoms with van der Waals surface area (Å²) in [5.41, 5.74) is -0.0412. The summed E-state index contributed by atoms with van der Waals surface area (Å²) < 4.78 is 4.73. The fourth-order valence-electron chi connectivity index (χ4n) is 1.06. The van der Waals surface area contributed by atoms with Gasteiger partial charge in [-0.05, 0) is 13.8 Å². The highest BCUT2D eigenvalue weighted by molar-refractivity contribution is 5.69. The van der Waals surface area contributed by atoms with Gasteiger partial charge in [0.25, 0.3) is 5.56 Å². The van der Waals surface area contributed by atoms with E-state index in [1.165, 1.54) is 0 Å². The second-order valence-corrected chi connectivity index (χ2v) is 2.99. The number of H-pyrrole nitrogens is 1. The van der Waals surface area contributed by atoms with Gasteiger partial charge in [0.2, 0.25) is 0 Å². The molecule has 6 nitrogen and oxygen atoms in total. The molecule has 0 radical (unpaired) electrons. The molecule has 0 saturated heterocycles. The molecule has 1 aromatic rings. The lowest BCUT2D eigenvalue weighted by atomic mass is 10.2. The fraction of sp³-hybridized carbons (Fsp3) is 0.556. The lowest BCUT2D eigenvalue weighted by molar-refractivity contribution is -0.143. The number of rotatable bonds is 4. The van der Waals surface area contributed by atoms with Crippen molar-refractivity contribution in [1.82, 2.24) is 15.2 Å². The van der Waals surface area contributed by atoms with Crippen molar-refractivity contribution >= 4 is 5.97 Å². The molecule has 82 valence electrons. The Balaban J connectivity index is 2.58. The molecule has 0 atom stereocenters. The summed E-state index contributed by atoms with van der Waals surface area (Å²) in [5.74, 6) is 0.124. The van der Waals surface area contributed by atoms with Crippen LogP contribution in [0.5, 0.6) is 0 Å². The summed E-state index contributed by atoms with van der Waals surface area (Å²) in [6, 6.07) is 0. The van der Waals surface area contributed by atoms with E-state index >= 15 is 0 Å². The van der Waals surface area contributed by atoms with E-state index in [1.807, 2.05) is 0 Å². The molecule has 15 heavy (non-hydrogen) atoms. The summed E-state index contributed by atoms with van der Waals surface area (Å²) in [6.07, 6.45) is 0.399. The zero-order valence-corrected chi connectivity index (χ0v) is 8.74. The number of carbonyl (C=O) groups excluding carboxylic acids is 1. The van der Waals surface area contributed by atoms with Crippen molar-refractivity contribution in [2.45, 2.75) is 26.7 Å². The van der Waals surface area contributed by atoms with Crippen LogP contribution < -0.4 is 5.56 Å². The molecule has 0 amide bonds. The quantitative estimate of drug-likeness (QED) is 0.707. The molecule has 0 saturated carbocycles. The molecule has 1 N–H and O–H groups in total. The van der Waals surface area contributed by atoms with Gasteiger partial charge in [0, 0.05) is 6.42 Å². The van der Waals surface area contributed by atoms with Crippen molar-refractivity contribution in [2.24, 2.45) is 0 Å². The first-order valence-corrected chi connectivity index (χ1v) is 4.71. The molecule has 6 heteroatoms. The van der Waals surface area contributed by atoms with Gasteiger partial charge in [-0.25, -0.2) is 0 Å². The Labute approximate surface area is 86.7 Å². The lowest BCUT2D eigenvalue weighted by Crippen LogP contribution is -2.19. The maximum absolute atomic E-state index is 11.3. The molecule has 0 aromatic carbocycles. The van der Waals surface area contributed by atoms with Crippen molar-refractivity contribution in [1.29, 1.82) is 0 Å².